The standard InChI is InChI=1S/C31H32ClN3O4/c1-31(2,3)39-30(37)35-15-13-34(14-16-35)20-21-11-12-22-19-28(38-27(22)17-21)25-9-4-5-10-26(25)33-29(36)23-7-6-8-24(32)18-23/h4-12,17-19H,13-16,20H2,1-3H3,(H,33,36). The van der Waals surface area contributed by atoms with Crippen LogP contribution in [0.5, 0.6) is 0 Å². The summed E-state index contributed by atoms with van der Waals surface area (Å²) in [5, 5.41) is 4.48. The van der Waals surface area contributed by atoms with E-state index in [1.165, 1.54) is 0 Å². The van der Waals surface area contributed by atoms with Gasteiger partial charge >= 0.3 is 6.09 Å². The van der Waals surface area contributed by atoms with Gasteiger partial charge in [-0.25, -0.2) is 4.79 Å². The van der Waals surface area contributed by atoms with E-state index in [-0.39, 0.29) is 12.0 Å². The largest absolute Gasteiger partial charge is 0.456 e. The average Bonchev–Trinajstić information content (AvgIpc) is 3.32. The Balaban J connectivity index is 1.27. The molecule has 1 aliphatic rings. The lowest BCUT2D eigenvalue weighted by atomic mass is 10.1. The third-order valence-corrected chi connectivity index (χ3v) is 6.78. The predicted octanol–water partition coefficient (Wildman–Crippen LogP) is 7.06. The minimum Gasteiger partial charge on any atom is -0.456 e. The van der Waals surface area contributed by atoms with Gasteiger partial charge in [0.15, 0.2) is 0 Å². The summed E-state index contributed by atoms with van der Waals surface area (Å²) < 4.78 is 11.8. The fourth-order valence-electron chi connectivity index (χ4n) is 4.61. The zero-order chi connectivity index (χ0) is 27.6. The molecule has 3 aromatic carbocycles. The molecule has 39 heavy (non-hydrogen) atoms. The first-order valence-electron chi connectivity index (χ1n) is 13.0. The predicted molar refractivity (Wildman–Crippen MR) is 154 cm³/mol. The smallest absolute Gasteiger partial charge is 0.410 e. The summed E-state index contributed by atoms with van der Waals surface area (Å²) >= 11 is 6.06. The summed E-state index contributed by atoms with van der Waals surface area (Å²) in [5.74, 6) is 0.435. The second kappa shape index (κ2) is 11.1. The quantitative estimate of drug-likeness (QED) is 0.290. The van der Waals surface area contributed by atoms with Crippen LogP contribution in [0.4, 0.5) is 10.5 Å². The molecule has 7 nitrogen and oxygen atoms in total. The third-order valence-electron chi connectivity index (χ3n) is 6.54. The summed E-state index contributed by atoms with van der Waals surface area (Å²) in [7, 11) is 0. The Hall–Kier alpha value is -3.81. The number of hydrogen-bond acceptors (Lipinski definition) is 5. The van der Waals surface area contributed by atoms with Crippen LogP contribution in [-0.2, 0) is 11.3 Å². The van der Waals surface area contributed by atoms with Crippen molar-refractivity contribution in [2.75, 3.05) is 31.5 Å². The number of carbonyl (C=O) groups is 2. The van der Waals surface area contributed by atoms with E-state index in [0.717, 1.165) is 41.7 Å². The highest BCUT2D eigenvalue weighted by Gasteiger charge is 2.26. The molecule has 0 saturated carbocycles. The van der Waals surface area contributed by atoms with E-state index in [1.54, 1.807) is 29.2 Å². The highest BCUT2D eigenvalue weighted by Crippen LogP contribution is 2.33. The van der Waals surface area contributed by atoms with Crippen molar-refractivity contribution in [1.29, 1.82) is 0 Å². The molecule has 0 aliphatic carbocycles. The molecule has 1 aliphatic heterocycles. The van der Waals surface area contributed by atoms with Gasteiger partial charge in [0.25, 0.3) is 5.91 Å². The minimum absolute atomic E-state index is 0.241. The van der Waals surface area contributed by atoms with E-state index in [2.05, 4.69) is 28.4 Å². The first-order valence-corrected chi connectivity index (χ1v) is 13.4. The number of ether oxygens (including phenoxy) is 1. The molecule has 1 saturated heterocycles. The molecule has 0 unspecified atom stereocenters. The molecule has 0 radical (unpaired) electrons. The SMILES string of the molecule is CC(C)(C)OC(=O)N1CCN(Cc2ccc3cc(-c4ccccc4NC(=O)c4cccc(Cl)c4)oc3c2)CC1. The highest BCUT2D eigenvalue weighted by molar-refractivity contribution is 6.31. The number of fused-ring (bicyclic) bond motifs is 1. The zero-order valence-electron chi connectivity index (χ0n) is 22.4. The monoisotopic (exact) mass is 545 g/mol. The molecule has 1 fully saturated rings. The van der Waals surface area contributed by atoms with Crippen LogP contribution in [0.15, 0.2) is 77.2 Å². The number of halogens is 1. The van der Waals surface area contributed by atoms with Gasteiger partial charge in [-0.2, -0.15) is 0 Å². The van der Waals surface area contributed by atoms with Crippen LogP contribution in [0, 0.1) is 0 Å². The molecular weight excluding hydrogens is 514 g/mol. The molecule has 0 spiro atoms. The average molecular weight is 546 g/mol. The summed E-state index contributed by atoms with van der Waals surface area (Å²) in [5.41, 5.74) is 3.36. The molecule has 0 bridgehead atoms. The maximum Gasteiger partial charge on any atom is 0.410 e. The van der Waals surface area contributed by atoms with Crippen molar-refractivity contribution < 1.29 is 18.7 Å². The van der Waals surface area contributed by atoms with E-state index in [4.69, 9.17) is 20.8 Å². The Labute approximate surface area is 233 Å². The van der Waals surface area contributed by atoms with Gasteiger partial charge in [0, 0.05) is 54.3 Å². The number of rotatable bonds is 5. The third kappa shape index (κ3) is 6.61. The van der Waals surface area contributed by atoms with Crippen LogP contribution < -0.4 is 5.32 Å². The van der Waals surface area contributed by atoms with E-state index in [1.807, 2.05) is 51.1 Å². The van der Waals surface area contributed by atoms with Crippen LogP contribution in [0.25, 0.3) is 22.3 Å². The van der Waals surface area contributed by atoms with Gasteiger partial charge in [-0.3, -0.25) is 9.69 Å². The second-order valence-corrected chi connectivity index (χ2v) is 11.2. The minimum atomic E-state index is -0.492. The number of carbonyl (C=O) groups excluding carboxylic acids is 2. The zero-order valence-corrected chi connectivity index (χ0v) is 23.1. The van der Waals surface area contributed by atoms with Gasteiger partial charge in [-0.15, -0.1) is 0 Å². The van der Waals surface area contributed by atoms with Crippen molar-refractivity contribution in [3.05, 3.63) is 88.9 Å². The van der Waals surface area contributed by atoms with E-state index < -0.39 is 5.60 Å². The number of piperazine rings is 1. The molecule has 2 heterocycles. The van der Waals surface area contributed by atoms with Crippen molar-refractivity contribution in [1.82, 2.24) is 9.80 Å². The van der Waals surface area contributed by atoms with Crippen LogP contribution in [-0.4, -0.2) is 53.6 Å². The Bertz CT molecular complexity index is 1500. The van der Waals surface area contributed by atoms with Gasteiger partial charge in [0.1, 0.15) is 16.9 Å². The number of furan rings is 1. The van der Waals surface area contributed by atoms with E-state index in [0.29, 0.717) is 35.1 Å². The van der Waals surface area contributed by atoms with Gasteiger partial charge in [-0.05, 0) is 68.8 Å². The lowest BCUT2D eigenvalue weighted by molar-refractivity contribution is 0.0139. The molecule has 2 amide bonds. The van der Waals surface area contributed by atoms with Crippen LogP contribution >= 0.6 is 11.6 Å². The summed E-state index contributed by atoms with van der Waals surface area (Å²) in [6, 6.07) is 22.6. The molecule has 8 heteroatoms. The molecule has 1 N–H and O–H groups in total. The summed E-state index contributed by atoms with van der Waals surface area (Å²) in [4.78, 5) is 29.3. The van der Waals surface area contributed by atoms with Gasteiger partial charge in [0.05, 0.1) is 5.69 Å². The van der Waals surface area contributed by atoms with Crippen molar-refractivity contribution in [2.45, 2.75) is 32.9 Å². The topological polar surface area (TPSA) is 75.0 Å². The van der Waals surface area contributed by atoms with Crippen LogP contribution in [0.1, 0.15) is 36.7 Å². The first-order chi connectivity index (χ1) is 18.6. The highest BCUT2D eigenvalue weighted by atomic mass is 35.5. The maximum absolute atomic E-state index is 12.8. The molecular formula is C31H32ClN3O4. The fourth-order valence-corrected chi connectivity index (χ4v) is 4.80. The first kappa shape index (κ1) is 26.8. The molecule has 5 rings (SSSR count). The Kier molecular flexibility index (Phi) is 7.64. The number of para-hydroxylation sites is 1. The molecule has 1 aromatic heterocycles. The maximum atomic E-state index is 12.8. The van der Waals surface area contributed by atoms with Gasteiger partial charge in [0.2, 0.25) is 0 Å². The normalized spacial score (nSPS) is 14.4. The lowest BCUT2D eigenvalue weighted by Gasteiger charge is -2.35. The Morgan fingerprint density at radius 1 is 0.949 bits per heavy atom. The van der Waals surface area contributed by atoms with E-state index >= 15 is 0 Å². The van der Waals surface area contributed by atoms with E-state index in [9.17, 15) is 9.59 Å². The van der Waals surface area contributed by atoms with Crippen molar-refractivity contribution in [2.24, 2.45) is 0 Å². The lowest BCUT2D eigenvalue weighted by Crippen LogP contribution is -2.49. The number of hydrogen-bond donors (Lipinski definition) is 1. The molecule has 4 aromatic rings. The number of nitrogens with zero attached hydrogens (tertiary/aromatic N) is 2. The summed E-state index contributed by atoms with van der Waals surface area (Å²) in [6.07, 6.45) is -0.254. The number of anilines is 1. The molecule has 202 valence electrons. The Morgan fingerprint density at radius 2 is 1.72 bits per heavy atom. The molecule has 0 atom stereocenters. The number of nitrogens with one attached hydrogen (secondary N) is 1. The van der Waals surface area contributed by atoms with Crippen molar-refractivity contribution in [3.8, 4) is 11.3 Å². The van der Waals surface area contributed by atoms with Crippen LogP contribution in [0.2, 0.25) is 5.02 Å². The van der Waals surface area contributed by atoms with Crippen molar-refractivity contribution in [3.63, 3.8) is 0 Å². The number of benzene rings is 3. The number of amides is 2. The second-order valence-electron chi connectivity index (χ2n) is 10.7. The van der Waals surface area contributed by atoms with Crippen LogP contribution in [0.3, 0.4) is 0 Å². The van der Waals surface area contributed by atoms with Gasteiger partial charge in [-0.1, -0.05) is 41.9 Å². The Morgan fingerprint density at radius 3 is 2.46 bits per heavy atom. The fraction of sp³-hybridized carbons (Fsp3) is 0.290. The van der Waals surface area contributed by atoms with Gasteiger partial charge < -0.3 is 19.4 Å². The summed E-state index contributed by atoms with van der Waals surface area (Å²) in [6.45, 7) is 9.24. The van der Waals surface area contributed by atoms with Crippen molar-refractivity contribution >= 4 is 40.3 Å².